The third-order valence-electron chi connectivity index (χ3n) is 6.25. The summed E-state index contributed by atoms with van der Waals surface area (Å²) in [5.74, 6) is -0.825. The number of rotatable bonds is 0. The lowest BCUT2D eigenvalue weighted by Crippen LogP contribution is -2.43. The van der Waals surface area contributed by atoms with Gasteiger partial charge in [-0.15, -0.1) is 0 Å². The fraction of sp³-hybridized carbons (Fsp3) is 0.550. The number of aromatic hydroxyl groups is 2. The van der Waals surface area contributed by atoms with Gasteiger partial charge in [-0.1, -0.05) is 27.2 Å². The van der Waals surface area contributed by atoms with E-state index in [2.05, 4.69) is 0 Å². The van der Waals surface area contributed by atoms with E-state index >= 15 is 0 Å². The first-order valence-corrected chi connectivity index (χ1v) is 8.86. The number of carbonyl (C=O) groups excluding carboxylic acids is 1. The molecule has 0 radical (unpaired) electrons. The highest BCUT2D eigenvalue weighted by Crippen LogP contribution is 2.61. The maximum absolute atomic E-state index is 12.9. The topological polar surface area (TPSA) is 87.0 Å². The number of phenols is 2. The highest BCUT2D eigenvalue weighted by atomic mass is 16.5. The van der Waals surface area contributed by atoms with Crippen LogP contribution in [-0.2, 0) is 11.8 Å². The molecule has 1 fully saturated rings. The molecule has 1 aromatic rings. The Labute approximate surface area is 146 Å². The molecule has 1 heterocycles. The molecule has 0 unspecified atom stereocenters. The van der Waals surface area contributed by atoms with E-state index in [0.717, 1.165) is 12.8 Å². The van der Waals surface area contributed by atoms with Gasteiger partial charge in [0.05, 0.1) is 5.56 Å². The van der Waals surface area contributed by atoms with Crippen molar-refractivity contribution >= 4 is 5.78 Å². The predicted molar refractivity (Wildman–Crippen MR) is 92.5 cm³/mol. The zero-order valence-electron chi connectivity index (χ0n) is 15.1. The van der Waals surface area contributed by atoms with Crippen molar-refractivity contribution in [3.05, 3.63) is 28.0 Å². The van der Waals surface area contributed by atoms with Crippen LogP contribution in [0.4, 0.5) is 0 Å². The Balaban J connectivity index is 2.10. The van der Waals surface area contributed by atoms with Gasteiger partial charge in [-0.05, 0) is 30.8 Å². The van der Waals surface area contributed by atoms with Crippen LogP contribution < -0.4 is 4.74 Å². The number of benzene rings is 1. The van der Waals surface area contributed by atoms with Crippen molar-refractivity contribution in [3.63, 3.8) is 0 Å². The number of fused-ring (bicyclic) bond motifs is 4. The van der Waals surface area contributed by atoms with Gasteiger partial charge < -0.3 is 20.1 Å². The first-order valence-electron chi connectivity index (χ1n) is 8.86. The van der Waals surface area contributed by atoms with Gasteiger partial charge in [-0.2, -0.15) is 0 Å². The molecule has 0 spiro atoms. The average molecular weight is 344 g/mol. The Kier molecular flexibility index (Phi) is 3.07. The van der Waals surface area contributed by atoms with Crippen molar-refractivity contribution in [2.24, 2.45) is 5.41 Å². The number of ether oxygens (including phenoxy) is 1. The summed E-state index contributed by atoms with van der Waals surface area (Å²) >= 11 is 0. The van der Waals surface area contributed by atoms with Gasteiger partial charge in [0.2, 0.25) is 5.78 Å². The van der Waals surface area contributed by atoms with Crippen molar-refractivity contribution < 1.29 is 24.9 Å². The molecule has 5 nitrogen and oxygen atoms in total. The molecule has 134 valence electrons. The third kappa shape index (κ3) is 1.87. The van der Waals surface area contributed by atoms with E-state index in [1.807, 2.05) is 27.7 Å². The Morgan fingerprint density at radius 3 is 2.44 bits per heavy atom. The van der Waals surface area contributed by atoms with Crippen molar-refractivity contribution in [1.29, 1.82) is 0 Å². The van der Waals surface area contributed by atoms with Crippen LogP contribution in [0.3, 0.4) is 0 Å². The summed E-state index contributed by atoms with van der Waals surface area (Å²) < 4.78 is 5.72. The fourth-order valence-electron chi connectivity index (χ4n) is 5.30. The number of ketones is 1. The summed E-state index contributed by atoms with van der Waals surface area (Å²) in [6.07, 6.45) is 2.70. The minimum atomic E-state index is -0.707. The Morgan fingerprint density at radius 2 is 1.76 bits per heavy atom. The molecule has 3 N–H and O–H groups in total. The summed E-state index contributed by atoms with van der Waals surface area (Å²) in [6.45, 7) is 7.81. The Hall–Kier alpha value is -2.17. The number of aliphatic hydroxyl groups excluding tert-OH is 1. The molecule has 0 aromatic heterocycles. The first-order chi connectivity index (χ1) is 11.6. The molecular weight excluding hydrogens is 320 g/mol. The lowest BCUT2D eigenvalue weighted by Gasteiger charge is -2.49. The number of aliphatic hydroxyl groups is 1. The van der Waals surface area contributed by atoms with Gasteiger partial charge in [0, 0.05) is 23.0 Å². The van der Waals surface area contributed by atoms with Crippen LogP contribution in [0, 0.1) is 5.41 Å². The normalized spacial score (nSPS) is 29.8. The average Bonchev–Trinajstić information content (AvgIpc) is 2.90. The van der Waals surface area contributed by atoms with E-state index in [1.165, 1.54) is 0 Å². The van der Waals surface area contributed by atoms with Gasteiger partial charge in [0.25, 0.3) is 0 Å². The molecule has 0 bridgehead atoms. The largest absolute Gasteiger partial charge is 0.507 e. The molecule has 2 aliphatic carbocycles. The molecule has 4 rings (SSSR count). The number of carbonyl (C=O) groups is 1. The SMILES string of the molecule is C[C@H]1Cc2c(O)c3c(c(O)c2O1)[C@@]1(C)CCCC(C)(C)C1=C(O)C3=O. The lowest BCUT2D eigenvalue weighted by molar-refractivity contribution is 0.0935. The van der Waals surface area contributed by atoms with E-state index in [-0.39, 0.29) is 40.1 Å². The van der Waals surface area contributed by atoms with E-state index < -0.39 is 11.2 Å². The number of allylic oxidation sites excluding steroid dienone is 2. The number of phenolic OH excluding ortho intramolecular Hbond substituents is 2. The van der Waals surface area contributed by atoms with E-state index in [0.29, 0.717) is 29.5 Å². The Morgan fingerprint density at radius 1 is 1.08 bits per heavy atom. The highest BCUT2D eigenvalue weighted by molar-refractivity contribution is 6.13. The van der Waals surface area contributed by atoms with Gasteiger partial charge in [0.1, 0.15) is 11.9 Å². The molecule has 5 heteroatoms. The standard InChI is InChI=1S/C20H24O5/c1-9-8-10-13(21)11-12(15(23)17(10)25-9)20(4)7-5-6-19(2,3)18(20)16(24)14(11)22/h9,21,23-24H,5-8H2,1-4H3/t9-,20+/m0/s1. The van der Waals surface area contributed by atoms with Crippen LogP contribution in [0.15, 0.2) is 11.3 Å². The molecule has 0 amide bonds. The Bertz CT molecular complexity index is 848. The predicted octanol–water partition coefficient (Wildman–Crippen LogP) is 3.90. The molecule has 2 atom stereocenters. The fourth-order valence-corrected chi connectivity index (χ4v) is 5.30. The molecule has 1 saturated carbocycles. The van der Waals surface area contributed by atoms with Crippen LogP contribution in [0.5, 0.6) is 17.2 Å². The maximum atomic E-state index is 12.9. The monoisotopic (exact) mass is 344 g/mol. The van der Waals surface area contributed by atoms with E-state index in [4.69, 9.17) is 4.74 Å². The van der Waals surface area contributed by atoms with Crippen LogP contribution in [-0.4, -0.2) is 27.2 Å². The highest BCUT2D eigenvalue weighted by Gasteiger charge is 2.53. The quantitative estimate of drug-likeness (QED) is 0.621. The summed E-state index contributed by atoms with van der Waals surface area (Å²) in [6, 6.07) is 0. The minimum absolute atomic E-state index is 0.0374. The summed E-state index contributed by atoms with van der Waals surface area (Å²) in [4.78, 5) is 12.9. The molecule has 25 heavy (non-hydrogen) atoms. The van der Waals surface area contributed by atoms with Crippen molar-refractivity contribution in [3.8, 4) is 17.2 Å². The van der Waals surface area contributed by atoms with Gasteiger partial charge in [-0.3, -0.25) is 4.79 Å². The smallest absolute Gasteiger partial charge is 0.231 e. The van der Waals surface area contributed by atoms with Gasteiger partial charge in [-0.25, -0.2) is 0 Å². The molecule has 0 saturated heterocycles. The third-order valence-corrected chi connectivity index (χ3v) is 6.25. The zero-order chi connectivity index (χ0) is 18.3. The van der Waals surface area contributed by atoms with Crippen molar-refractivity contribution in [2.45, 2.75) is 64.9 Å². The van der Waals surface area contributed by atoms with Crippen molar-refractivity contribution in [1.82, 2.24) is 0 Å². The van der Waals surface area contributed by atoms with E-state index in [9.17, 15) is 20.1 Å². The zero-order valence-corrected chi connectivity index (χ0v) is 15.1. The van der Waals surface area contributed by atoms with Crippen molar-refractivity contribution in [2.75, 3.05) is 0 Å². The second kappa shape index (κ2) is 4.71. The minimum Gasteiger partial charge on any atom is -0.507 e. The molecule has 1 aliphatic heterocycles. The van der Waals surface area contributed by atoms with Crippen LogP contribution in [0.2, 0.25) is 0 Å². The number of hydrogen-bond acceptors (Lipinski definition) is 5. The maximum Gasteiger partial charge on any atom is 0.231 e. The second-order valence-corrected chi connectivity index (χ2v) is 8.51. The van der Waals surface area contributed by atoms with Gasteiger partial charge in [0.15, 0.2) is 17.3 Å². The molecular formula is C20H24O5. The lowest BCUT2D eigenvalue weighted by atomic mass is 9.54. The number of Topliss-reactive ketones (excluding diaryl/α,β-unsaturated/α-hetero) is 1. The van der Waals surface area contributed by atoms with Crippen LogP contribution >= 0.6 is 0 Å². The van der Waals surface area contributed by atoms with Crippen LogP contribution in [0.25, 0.3) is 0 Å². The summed E-state index contributed by atoms with van der Waals surface area (Å²) in [5, 5.41) is 32.5. The summed E-state index contributed by atoms with van der Waals surface area (Å²) in [7, 11) is 0. The molecule has 3 aliphatic rings. The van der Waals surface area contributed by atoms with E-state index in [1.54, 1.807) is 0 Å². The molecule has 1 aromatic carbocycles. The summed E-state index contributed by atoms with van der Waals surface area (Å²) in [5.41, 5.74) is 0.482. The number of hydrogen-bond donors (Lipinski definition) is 3. The van der Waals surface area contributed by atoms with Gasteiger partial charge >= 0.3 is 0 Å². The second-order valence-electron chi connectivity index (χ2n) is 8.51. The van der Waals surface area contributed by atoms with Crippen LogP contribution in [0.1, 0.15) is 68.4 Å². The first kappa shape index (κ1) is 16.3.